The molecule has 0 unspecified atom stereocenters. The van der Waals surface area contributed by atoms with Gasteiger partial charge in [-0.15, -0.1) is 0 Å². The quantitative estimate of drug-likeness (QED) is 0.443. The standard InChI is InChI=1S/C10H10N2O4S/c11-8-2-1-6-7(10(8)12)3-5(4-9(6)13)17(14,15)16/h1-4,13H,11-12H2,(H,14,15,16). The molecule has 0 aromatic heterocycles. The molecule has 0 aliphatic heterocycles. The second-order valence-electron chi connectivity index (χ2n) is 3.58. The third-order valence-corrected chi connectivity index (χ3v) is 3.29. The van der Waals surface area contributed by atoms with Gasteiger partial charge in [-0.2, -0.15) is 8.42 Å². The molecule has 0 amide bonds. The van der Waals surface area contributed by atoms with Gasteiger partial charge in [-0.25, -0.2) is 0 Å². The van der Waals surface area contributed by atoms with Gasteiger partial charge in [0.2, 0.25) is 0 Å². The predicted octanol–water partition coefficient (Wildman–Crippen LogP) is 0.957. The Morgan fingerprint density at radius 1 is 1.06 bits per heavy atom. The van der Waals surface area contributed by atoms with Gasteiger partial charge in [0.05, 0.1) is 16.3 Å². The first kappa shape index (κ1) is 11.5. The number of phenols is 1. The summed E-state index contributed by atoms with van der Waals surface area (Å²) in [6, 6.07) is 5.14. The highest BCUT2D eigenvalue weighted by Gasteiger charge is 2.15. The summed E-state index contributed by atoms with van der Waals surface area (Å²) in [6.45, 7) is 0. The van der Waals surface area contributed by atoms with Crippen LogP contribution in [0.15, 0.2) is 29.2 Å². The number of benzene rings is 2. The lowest BCUT2D eigenvalue weighted by Gasteiger charge is -2.08. The van der Waals surface area contributed by atoms with Crippen LogP contribution in [0.25, 0.3) is 10.8 Å². The van der Waals surface area contributed by atoms with Gasteiger partial charge >= 0.3 is 0 Å². The van der Waals surface area contributed by atoms with Crippen molar-refractivity contribution >= 4 is 32.3 Å². The number of hydrogen-bond acceptors (Lipinski definition) is 5. The average molecular weight is 254 g/mol. The number of anilines is 2. The molecule has 90 valence electrons. The summed E-state index contributed by atoms with van der Waals surface area (Å²) >= 11 is 0. The molecule has 6 N–H and O–H groups in total. The summed E-state index contributed by atoms with van der Waals surface area (Å²) in [5.41, 5.74) is 11.7. The number of fused-ring (bicyclic) bond motifs is 1. The van der Waals surface area contributed by atoms with Gasteiger partial charge in [-0.3, -0.25) is 4.55 Å². The smallest absolute Gasteiger partial charge is 0.294 e. The number of aromatic hydroxyl groups is 1. The van der Waals surface area contributed by atoms with E-state index in [2.05, 4.69) is 0 Å². The molecule has 2 aromatic rings. The van der Waals surface area contributed by atoms with Crippen molar-refractivity contribution in [3.8, 4) is 5.75 Å². The Morgan fingerprint density at radius 3 is 2.29 bits per heavy atom. The van der Waals surface area contributed by atoms with Crippen LogP contribution in [0.5, 0.6) is 5.75 Å². The van der Waals surface area contributed by atoms with E-state index in [1.54, 1.807) is 0 Å². The van der Waals surface area contributed by atoms with E-state index in [-0.39, 0.29) is 22.5 Å². The fourth-order valence-corrected chi connectivity index (χ4v) is 2.10. The average Bonchev–Trinajstić information content (AvgIpc) is 2.22. The Bertz CT molecular complexity index is 710. The van der Waals surface area contributed by atoms with E-state index in [1.165, 1.54) is 12.1 Å². The van der Waals surface area contributed by atoms with Crippen LogP contribution in [-0.4, -0.2) is 18.1 Å². The van der Waals surface area contributed by atoms with E-state index in [1.807, 2.05) is 0 Å². The van der Waals surface area contributed by atoms with Crippen molar-refractivity contribution in [2.45, 2.75) is 4.90 Å². The van der Waals surface area contributed by atoms with E-state index in [0.29, 0.717) is 5.39 Å². The van der Waals surface area contributed by atoms with E-state index >= 15 is 0 Å². The number of nitrogen functional groups attached to an aromatic ring is 2. The molecular formula is C10H10N2O4S. The van der Waals surface area contributed by atoms with Crippen LogP contribution in [0.4, 0.5) is 11.4 Å². The molecule has 0 fully saturated rings. The second-order valence-corrected chi connectivity index (χ2v) is 5.00. The number of phenolic OH excluding ortho intramolecular Hbond substituents is 1. The van der Waals surface area contributed by atoms with E-state index in [0.717, 1.165) is 12.1 Å². The molecule has 0 radical (unpaired) electrons. The van der Waals surface area contributed by atoms with Crippen molar-refractivity contribution in [2.75, 3.05) is 11.5 Å². The van der Waals surface area contributed by atoms with Crippen LogP contribution < -0.4 is 11.5 Å². The number of hydrogen-bond donors (Lipinski definition) is 4. The molecule has 0 saturated heterocycles. The van der Waals surface area contributed by atoms with Crippen molar-refractivity contribution in [2.24, 2.45) is 0 Å². The molecule has 0 heterocycles. The molecule has 0 saturated carbocycles. The topological polar surface area (TPSA) is 127 Å². The normalized spacial score (nSPS) is 11.8. The Morgan fingerprint density at radius 2 is 1.71 bits per heavy atom. The molecular weight excluding hydrogens is 244 g/mol. The fourth-order valence-electron chi connectivity index (χ4n) is 1.58. The van der Waals surface area contributed by atoms with Crippen LogP contribution >= 0.6 is 0 Å². The lowest BCUT2D eigenvalue weighted by Crippen LogP contribution is -2.00. The van der Waals surface area contributed by atoms with Crippen LogP contribution in [-0.2, 0) is 10.1 Å². The second kappa shape index (κ2) is 3.51. The van der Waals surface area contributed by atoms with Crippen molar-refractivity contribution in [3.63, 3.8) is 0 Å². The van der Waals surface area contributed by atoms with Gasteiger partial charge in [-0.05, 0) is 18.2 Å². The Hall–Kier alpha value is -1.99. The largest absolute Gasteiger partial charge is 0.507 e. The van der Waals surface area contributed by atoms with Crippen LogP contribution in [0.1, 0.15) is 0 Å². The van der Waals surface area contributed by atoms with Gasteiger partial charge in [0, 0.05) is 16.8 Å². The van der Waals surface area contributed by atoms with Crippen molar-refractivity contribution < 1.29 is 18.1 Å². The highest BCUT2D eigenvalue weighted by molar-refractivity contribution is 7.85. The van der Waals surface area contributed by atoms with Crippen LogP contribution in [0.3, 0.4) is 0 Å². The molecule has 0 aliphatic carbocycles. The summed E-state index contributed by atoms with van der Waals surface area (Å²) in [7, 11) is -4.40. The zero-order chi connectivity index (χ0) is 12.8. The maximum absolute atomic E-state index is 11.0. The zero-order valence-corrected chi connectivity index (χ0v) is 9.40. The van der Waals surface area contributed by atoms with Gasteiger partial charge in [0.1, 0.15) is 5.75 Å². The first-order valence-corrected chi connectivity index (χ1v) is 6.03. The summed E-state index contributed by atoms with van der Waals surface area (Å²) in [4.78, 5) is -0.431. The highest BCUT2D eigenvalue weighted by Crippen LogP contribution is 2.34. The predicted molar refractivity (Wildman–Crippen MR) is 64.3 cm³/mol. The van der Waals surface area contributed by atoms with Crippen LogP contribution in [0, 0.1) is 0 Å². The maximum Gasteiger partial charge on any atom is 0.294 e. The van der Waals surface area contributed by atoms with Crippen molar-refractivity contribution in [3.05, 3.63) is 24.3 Å². The van der Waals surface area contributed by atoms with Crippen molar-refractivity contribution in [1.29, 1.82) is 0 Å². The first-order chi connectivity index (χ1) is 7.80. The molecule has 0 aliphatic rings. The van der Waals surface area contributed by atoms with Gasteiger partial charge in [0.25, 0.3) is 10.1 Å². The third kappa shape index (κ3) is 1.85. The Labute approximate surface area is 97.2 Å². The Balaban J connectivity index is 2.94. The first-order valence-electron chi connectivity index (χ1n) is 4.59. The van der Waals surface area contributed by atoms with E-state index in [9.17, 15) is 13.5 Å². The minimum Gasteiger partial charge on any atom is -0.507 e. The minimum absolute atomic E-state index is 0.156. The molecule has 6 nitrogen and oxygen atoms in total. The number of nitrogens with two attached hydrogens (primary N) is 2. The molecule has 17 heavy (non-hydrogen) atoms. The zero-order valence-electron chi connectivity index (χ0n) is 8.58. The third-order valence-electron chi connectivity index (χ3n) is 2.46. The summed E-state index contributed by atoms with van der Waals surface area (Å²) in [6.07, 6.45) is 0. The SMILES string of the molecule is Nc1ccc2c(O)cc(S(=O)(=O)O)cc2c1N. The highest BCUT2D eigenvalue weighted by atomic mass is 32.2. The lowest BCUT2D eigenvalue weighted by molar-refractivity contribution is 0.471. The van der Waals surface area contributed by atoms with Gasteiger partial charge in [-0.1, -0.05) is 0 Å². The van der Waals surface area contributed by atoms with Gasteiger partial charge in [0.15, 0.2) is 0 Å². The number of rotatable bonds is 1. The molecule has 0 spiro atoms. The Kier molecular flexibility index (Phi) is 2.37. The summed E-state index contributed by atoms with van der Waals surface area (Å²) < 4.78 is 30.9. The molecule has 2 aromatic carbocycles. The van der Waals surface area contributed by atoms with Crippen molar-refractivity contribution in [1.82, 2.24) is 0 Å². The monoisotopic (exact) mass is 254 g/mol. The molecule has 2 rings (SSSR count). The van der Waals surface area contributed by atoms with Gasteiger partial charge < -0.3 is 16.6 Å². The fraction of sp³-hybridized carbons (Fsp3) is 0. The molecule has 7 heteroatoms. The maximum atomic E-state index is 11.0. The molecule has 0 bridgehead atoms. The van der Waals surface area contributed by atoms with E-state index < -0.39 is 15.0 Å². The molecule has 0 atom stereocenters. The minimum atomic E-state index is -4.40. The summed E-state index contributed by atoms with van der Waals surface area (Å²) in [5, 5.41) is 10.3. The van der Waals surface area contributed by atoms with E-state index in [4.69, 9.17) is 16.0 Å². The van der Waals surface area contributed by atoms with Crippen LogP contribution in [0.2, 0.25) is 0 Å². The lowest BCUT2D eigenvalue weighted by atomic mass is 10.1. The summed E-state index contributed by atoms with van der Waals surface area (Å²) in [5.74, 6) is -0.290.